The number of rotatable bonds is 4. The van der Waals surface area contributed by atoms with E-state index in [0.29, 0.717) is 28.5 Å². The Morgan fingerprint density at radius 1 is 0.846 bits per heavy atom. The van der Waals surface area contributed by atoms with Crippen molar-refractivity contribution < 1.29 is 9.53 Å². The van der Waals surface area contributed by atoms with Gasteiger partial charge < -0.3 is 15.4 Å². The van der Waals surface area contributed by atoms with Gasteiger partial charge in [0.25, 0.3) is 0 Å². The van der Waals surface area contributed by atoms with E-state index < -0.39 is 0 Å². The van der Waals surface area contributed by atoms with Gasteiger partial charge in [0, 0.05) is 5.69 Å². The third-order valence-corrected chi connectivity index (χ3v) is 3.75. The van der Waals surface area contributed by atoms with Gasteiger partial charge in [-0.3, -0.25) is 0 Å². The number of anilines is 2. The Morgan fingerprint density at radius 3 is 2.08 bits per heavy atom. The molecule has 0 aliphatic carbocycles. The first-order chi connectivity index (χ1) is 12.5. The van der Waals surface area contributed by atoms with Gasteiger partial charge in [-0.2, -0.15) is 9.97 Å². The molecule has 0 saturated heterocycles. The van der Waals surface area contributed by atoms with Crippen molar-refractivity contribution >= 4 is 17.4 Å². The molecule has 0 saturated carbocycles. The first kappa shape index (κ1) is 17.4. The van der Waals surface area contributed by atoms with Crippen LogP contribution >= 0.6 is 0 Å². The number of benzene rings is 2. The van der Waals surface area contributed by atoms with Crippen molar-refractivity contribution in [1.29, 1.82) is 0 Å². The number of ether oxygens (including phenoxy) is 1. The summed E-state index contributed by atoms with van der Waals surface area (Å²) >= 11 is 0. The first-order valence-corrected chi connectivity index (χ1v) is 8.24. The largest absolute Gasteiger partial charge is 0.424 e. The molecule has 6 nitrogen and oxygen atoms in total. The molecule has 132 valence electrons. The Bertz CT molecular complexity index is 886. The minimum atomic E-state index is -0.347. The molecule has 1 aromatic heterocycles. The Kier molecular flexibility index (Phi) is 5.12. The van der Waals surface area contributed by atoms with Crippen LogP contribution in [0.25, 0.3) is 0 Å². The van der Waals surface area contributed by atoms with E-state index in [0.717, 1.165) is 5.56 Å². The summed E-state index contributed by atoms with van der Waals surface area (Å²) in [6.45, 7) is 5.59. The average Bonchev–Trinajstić information content (AvgIpc) is 2.61. The lowest BCUT2D eigenvalue weighted by molar-refractivity contribution is 0.262. The smallest absolute Gasteiger partial charge is 0.323 e. The molecule has 0 spiro atoms. The van der Waals surface area contributed by atoms with Crippen molar-refractivity contribution in [2.75, 3.05) is 10.6 Å². The predicted molar refractivity (Wildman–Crippen MR) is 102 cm³/mol. The van der Waals surface area contributed by atoms with Crippen LogP contribution in [0.4, 0.5) is 16.2 Å². The summed E-state index contributed by atoms with van der Waals surface area (Å²) in [6.07, 6.45) is 0. The van der Waals surface area contributed by atoms with Gasteiger partial charge in [0.1, 0.15) is 5.75 Å². The fourth-order valence-corrected chi connectivity index (χ4v) is 2.42. The van der Waals surface area contributed by atoms with Crippen molar-refractivity contribution in [2.45, 2.75) is 20.8 Å². The highest BCUT2D eigenvalue weighted by Gasteiger charge is 2.13. The van der Waals surface area contributed by atoms with Gasteiger partial charge in [-0.25, -0.2) is 4.79 Å². The molecule has 2 amide bonds. The Morgan fingerprint density at radius 2 is 1.46 bits per heavy atom. The minimum Gasteiger partial charge on any atom is -0.424 e. The van der Waals surface area contributed by atoms with Gasteiger partial charge in [0.05, 0.1) is 17.1 Å². The van der Waals surface area contributed by atoms with Crippen LogP contribution in [0.5, 0.6) is 11.8 Å². The summed E-state index contributed by atoms with van der Waals surface area (Å²) in [7, 11) is 0. The van der Waals surface area contributed by atoms with Crippen LogP contribution < -0.4 is 15.4 Å². The van der Waals surface area contributed by atoms with E-state index in [2.05, 4.69) is 20.6 Å². The predicted octanol–water partition coefficient (Wildman–Crippen LogP) is 4.84. The Balaban J connectivity index is 1.71. The van der Waals surface area contributed by atoms with Crippen LogP contribution in [0.2, 0.25) is 0 Å². The number of hydrogen-bond acceptors (Lipinski definition) is 4. The topological polar surface area (TPSA) is 76.1 Å². The monoisotopic (exact) mass is 348 g/mol. The highest BCUT2D eigenvalue weighted by atomic mass is 16.5. The molecule has 26 heavy (non-hydrogen) atoms. The average molecular weight is 348 g/mol. The molecule has 1 heterocycles. The number of nitrogens with one attached hydrogen (secondary N) is 2. The second-order valence-electron chi connectivity index (χ2n) is 5.91. The highest BCUT2D eigenvalue weighted by Crippen LogP contribution is 2.23. The van der Waals surface area contributed by atoms with Crippen LogP contribution in [0.3, 0.4) is 0 Å². The molecule has 0 bridgehead atoms. The maximum atomic E-state index is 12.2. The SMILES string of the molecule is Cc1ccc(NC(=O)Nc2c(C)nc(Oc3ccccc3)nc2C)cc1. The van der Waals surface area contributed by atoms with Gasteiger partial charge in [0.2, 0.25) is 0 Å². The first-order valence-electron chi connectivity index (χ1n) is 8.24. The van der Waals surface area contributed by atoms with Crippen LogP contribution in [-0.2, 0) is 0 Å². The lowest BCUT2D eigenvalue weighted by Gasteiger charge is -2.13. The summed E-state index contributed by atoms with van der Waals surface area (Å²) in [5.41, 5.74) is 3.67. The minimum absolute atomic E-state index is 0.246. The number of urea groups is 1. The molecule has 0 radical (unpaired) electrons. The Hall–Kier alpha value is -3.41. The molecule has 0 aliphatic heterocycles. The van der Waals surface area contributed by atoms with Crippen molar-refractivity contribution in [2.24, 2.45) is 0 Å². The molecule has 3 aromatic rings. The van der Waals surface area contributed by atoms with E-state index in [1.54, 1.807) is 13.8 Å². The van der Waals surface area contributed by atoms with Crippen molar-refractivity contribution in [1.82, 2.24) is 9.97 Å². The van der Waals surface area contributed by atoms with E-state index in [-0.39, 0.29) is 12.0 Å². The number of aryl methyl sites for hydroxylation is 3. The van der Waals surface area contributed by atoms with E-state index >= 15 is 0 Å². The zero-order valence-corrected chi connectivity index (χ0v) is 14.9. The second kappa shape index (κ2) is 7.65. The van der Waals surface area contributed by atoms with Gasteiger partial charge in [-0.05, 0) is 45.0 Å². The molecular weight excluding hydrogens is 328 g/mol. The van der Waals surface area contributed by atoms with E-state index in [1.807, 2.05) is 61.5 Å². The molecule has 0 aliphatic rings. The standard InChI is InChI=1S/C20H20N4O2/c1-13-9-11-16(12-10-13)23-19(25)24-18-14(2)21-20(22-15(18)3)26-17-7-5-4-6-8-17/h4-12H,1-3H3,(H2,23,24,25). The highest BCUT2D eigenvalue weighted by molar-refractivity contribution is 6.00. The summed E-state index contributed by atoms with van der Waals surface area (Å²) < 4.78 is 5.66. The maximum Gasteiger partial charge on any atom is 0.323 e. The zero-order valence-electron chi connectivity index (χ0n) is 14.9. The van der Waals surface area contributed by atoms with Crippen LogP contribution in [0.15, 0.2) is 54.6 Å². The number of amides is 2. The van der Waals surface area contributed by atoms with Gasteiger partial charge in [0.15, 0.2) is 0 Å². The van der Waals surface area contributed by atoms with E-state index in [1.165, 1.54) is 0 Å². The fourth-order valence-electron chi connectivity index (χ4n) is 2.42. The lowest BCUT2D eigenvalue weighted by Crippen LogP contribution is -2.21. The number of para-hydroxylation sites is 1. The zero-order chi connectivity index (χ0) is 18.5. The molecule has 0 fully saturated rings. The number of aromatic nitrogens is 2. The third-order valence-electron chi connectivity index (χ3n) is 3.75. The number of carbonyl (C=O) groups excluding carboxylic acids is 1. The maximum absolute atomic E-state index is 12.2. The molecule has 3 rings (SSSR count). The number of nitrogens with zero attached hydrogens (tertiary/aromatic N) is 2. The number of carbonyl (C=O) groups is 1. The van der Waals surface area contributed by atoms with Crippen LogP contribution in [-0.4, -0.2) is 16.0 Å². The summed E-state index contributed by atoms with van der Waals surface area (Å²) in [5.74, 6) is 0.657. The molecule has 2 N–H and O–H groups in total. The van der Waals surface area contributed by atoms with Crippen molar-refractivity contribution in [3.63, 3.8) is 0 Å². The van der Waals surface area contributed by atoms with Gasteiger partial charge >= 0.3 is 12.0 Å². The summed E-state index contributed by atoms with van der Waals surface area (Å²) in [5, 5.41) is 5.59. The van der Waals surface area contributed by atoms with Crippen LogP contribution in [0.1, 0.15) is 17.0 Å². The van der Waals surface area contributed by atoms with Crippen molar-refractivity contribution in [3.8, 4) is 11.8 Å². The normalized spacial score (nSPS) is 10.3. The van der Waals surface area contributed by atoms with Crippen LogP contribution in [0, 0.1) is 20.8 Å². The van der Waals surface area contributed by atoms with E-state index in [4.69, 9.17) is 4.74 Å². The van der Waals surface area contributed by atoms with Crippen molar-refractivity contribution in [3.05, 3.63) is 71.5 Å². The summed E-state index contributed by atoms with van der Waals surface area (Å²) in [6, 6.07) is 16.8. The fraction of sp³-hybridized carbons (Fsp3) is 0.150. The second-order valence-corrected chi connectivity index (χ2v) is 5.91. The molecule has 6 heteroatoms. The third kappa shape index (κ3) is 4.36. The summed E-state index contributed by atoms with van der Waals surface area (Å²) in [4.78, 5) is 20.9. The Labute approximate surface area is 152 Å². The van der Waals surface area contributed by atoms with Gasteiger partial charge in [-0.1, -0.05) is 35.9 Å². The molecular formula is C20H20N4O2. The lowest BCUT2D eigenvalue weighted by atomic mass is 10.2. The molecule has 0 atom stereocenters. The molecule has 2 aromatic carbocycles. The molecule has 0 unspecified atom stereocenters. The number of hydrogen-bond donors (Lipinski definition) is 2. The van der Waals surface area contributed by atoms with Gasteiger partial charge in [-0.15, -0.1) is 0 Å². The van der Waals surface area contributed by atoms with E-state index in [9.17, 15) is 4.79 Å². The quantitative estimate of drug-likeness (QED) is 0.707.